The summed E-state index contributed by atoms with van der Waals surface area (Å²) < 4.78 is 24.5. The van der Waals surface area contributed by atoms with Crippen LogP contribution in [0, 0.1) is 0 Å². The van der Waals surface area contributed by atoms with Crippen LogP contribution in [-0.2, 0) is 21.2 Å². The van der Waals surface area contributed by atoms with E-state index in [0.717, 1.165) is 36.9 Å². The number of nitrogens with one attached hydrogen (secondary N) is 1. The van der Waals surface area contributed by atoms with E-state index in [0.29, 0.717) is 12.2 Å². The van der Waals surface area contributed by atoms with Crippen LogP contribution >= 0.6 is 11.3 Å². The Morgan fingerprint density at radius 1 is 1.57 bits per heavy atom. The topological polar surface area (TPSA) is 99.6 Å². The van der Waals surface area contributed by atoms with Gasteiger partial charge >= 0.3 is 0 Å². The first kappa shape index (κ1) is 16.2. The molecule has 0 bridgehead atoms. The summed E-state index contributed by atoms with van der Waals surface area (Å²) >= 11 is 1.15. The van der Waals surface area contributed by atoms with Crippen molar-refractivity contribution in [2.75, 3.05) is 24.1 Å². The van der Waals surface area contributed by atoms with Gasteiger partial charge in [0, 0.05) is 11.9 Å². The molecule has 1 aromatic heterocycles. The van der Waals surface area contributed by atoms with Crippen molar-refractivity contribution in [3.63, 3.8) is 0 Å². The predicted octanol–water partition coefficient (Wildman–Crippen LogP) is 0.430. The average Bonchev–Trinajstić information content (AvgIpc) is 2.83. The van der Waals surface area contributed by atoms with Crippen LogP contribution in [0.5, 0.6) is 0 Å². The summed E-state index contributed by atoms with van der Waals surface area (Å²) in [4.78, 5) is 18.1. The van der Waals surface area contributed by atoms with Gasteiger partial charge in [-0.2, -0.15) is 0 Å². The van der Waals surface area contributed by atoms with Gasteiger partial charge in [0.1, 0.15) is 0 Å². The van der Waals surface area contributed by atoms with E-state index >= 15 is 0 Å². The second-order valence-corrected chi connectivity index (χ2v) is 7.72. The molecule has 0 aromatic carbocycles. The first-order chi connectivity index (χ1) is 9.89. The summed E-state index contributed by atoms with van der Waals surface area (Å²) in [6.07, 6.45) is 3.96. The van der Waals surface area contributed by atoms with Crippen molar-refractivity contribution in [1.29, 1.82) is 0 Å². The third kappa shape index (κ3) is 4.65. The molecule has 1 amide bonds. The molecule has 1 unspecified atom stereocenters. The number of likely N-dealkylation sites (tertiary alicyclic amines) is 1. The molecule has 1 aliphatic heterocycles. The van der Waals surface area contributed by atoms with Crippen LogP contribution < -0.4 is 4.72 Å². The van der Waals surface area contributed by atoms with Crippen LogP contribution in [-0.4, -0.2) is 54.8 Å². The fourth-order valence-electron chi connectivity index (χ4n) is 2.37. The summed E-state index contributed by atoms with van der Waals surface area (Å²) in [5.41, 5.74) is 0.540. The molecule has 0 radical (unpaired) electrons. The smallest absolute Gasteiger partial charge is 0.231 e. The lowest BCUT2D eigenvalue weighted by Crippen LogP contribution is -2.46. The summed E-state index contributed by atoms with van der Waals surface area (Å²) in [6.45, 7) is 0.631. The molecule has 118 valence electrons. The Morgan fingerprint density at radius 2 is 2.33 bits per heavy atom. The molecule has 2 heterocycles. The average molecular weight is 333 g/mol. The zero-order chi connectivity index (χ0) is 15.5. The van der Waals surface area contributed by atoms with E-state index in [2.05, 4.69) is 9.71 Å². The van der Waals surface area contributed by atoms with Gasteiger partial charge in [-0.15, -0.1) is 11.3 Å². The number of amides is 1. The van der Waals surface area contributed by atoms with Crippen molar-refractivity contribution >= 4 is 32.4 Å². The standard InChI is InChI=1S/C12H19N3O4S2/c1-21(18,19)14-12-13-9(8-20-12)6-11(17)15-5-3-2-4-10(15)7-16/h8,10,16H,2-7H2,1H3,(H,13,14). The zero-order valence-corrected chi connectivity index (χ0v) is 13.4. The highest BCUT2D eigenvalue weighted by molar-refractivity contribution is 7.92. The minimum atomic E-state index is -3.36. The number of sulfonamides is 1. The summed E-state index contributed by atoms with van der Waals surface area (Å²) in [7, 11) is -3.36. The van der Waals surface area contributed by atoms with Gasteiger partial charge in [0.25, 0.3) is 0 Å². The number of hydrogen-bond donors (Lipinski definition) is 2. The maximum absolute atomic E-state index is 12.3. The SMILES string of the molecule is CS(=O)(=O)Nc1nc(CC(=O)N2CCCCC2CO)cs1. The molecule has 21 heavy (non-hydrogen) atoms. The van der Waals surface area contributed by atoms with E-state index < -0.39 is 10.0 Å². The molecule has 1 aliphatic rings. The Labute approximate surface area is 128 Å². The number of anilines is 1. The third-order valence-corrected chi connectivity index (χ3v) is 4.81. The molecule has 1 fully saturated rings. The molecular formula is C12H19N3O4S2. The normalized spacial score (nSPS) is 19.5. The number of aliphatic hydroxyl groups excluding tert-OH is 1. The van der Waals surface area contributed by atoms with E-state index in [9.17, 15) is 18.3 Å². The van der Waals surface area contributed by atoms with E-state index in [-0.39, 0.29) is 30.1 Å². The molecule has 1 atom stereocenters. The number of carbonyl (C=O) groups is 1. The number of thiazole rings is 1. The first-order valence-corrected chi connectivity index (χ1v) is 9.48. The van der Waals surface area contributed by atoms with E-state index in [1.807, 2.05) is 0 Å². The van der Waals surface area contributed by atoms with Crippen molar-refractivity contribution in [1.82, 2.24) is 9.88 Å². The Morgan fingerprint density at radius 3 is 3.00 bits per heavy atom. The molecule has 0 spiro atoms. The van der Waals surface area contributed by atoms with Gasteiger partial charge in [0.2, 0.25) is 15.9 Å². The number of aromatic nitrogens is 1. The molecule has 2 N–H and O–H groups in total. The van der Waals surface area contributed by atoms with Gasteiger partial charge in [0.05, 0.1) is 31.0 Å². The van der Waals surface area contributed by atoms with Gasteiger partial charge < -0.3 is 10.0 Å². The number of rotatable bonds is 5. The fraction of sp³-hybridized carbons (Fsp3) is 0.667. The first-order valence-electron chi connectivity index (χ1n) is 6.71. The van der Waals surface area contributed by atoms with Crippen LogP contribution in [0.15, 0.2) is 5.38 Å². The summed E-state index contributed by atoms with van der Waals surface area (Å²) in [6, 6.07) is -0.112. The van der Waals surface area contributed by atoms with Crippen LogP contribution in [0.3, 0.4) is 0 Å². The maximum Gasteiger partial charge on any atom is 0.231 e. The summed E-state index contributed by atoms with van der Waals surface area (Å²) in [5, 5.41) is 11.3. The van der Waals surface area contributed by atoms with Crippen LogP contribution in [0.2, 0.25) is 0 Å². The Hall–Kier alpha value is -1.19. The number of aliphatic hydroxyl groups is 1. The molecule has 0 aliphatic carbocycles. The minimum absolute atomic E-state index is 0.0241. The Kier molecular flexibility index (Phi) is 5.17. The van der Waals surface area contributed by atoms with Crippen LogP contribution in [0.1, 0.15) is 25.0 Å². The van der Waals surface area contributed by atoms with Crippen LogP contribution in [0.25, 0.3) is 0 Å². The largest absolute Gasteiger partial charge is 0.394 e. The maximum atomic E-state index is 12.3. The minimum Gasteiger partial charge on any atom is -0.394 e. The molecular weight excluding hydrogens is 314 g/mol. The molecule has 0 saturated carbocycles. The van der Waals surface area contributed by atoms with Gasteiger partial charge in [-0.05, 0) is 19.3 Å². The fourth-order valence-corrected chi connectivity index (χ4v) is 3.93. The molecule has 2 rings (SSSR count). The second kappa shape index (κ2) is 6.71. The van der Waals surface area contributed by atoms with Gasteiger partial charge in [-0.3, -0.25) is 9.52 Å². The number of carbonyl (C=O) groups excluding carboxylic acids is 1. The number of hydrogen-bond acceptors (Lipinski definition) is 6. The third-order valence-electron chi connectivity index (χ3n) is 3.32. The van der Waals surface area contributed by atoms with Gasteiger partial charge in [0.15, 0.2) is 5.13 Å². The monoisotopic (exact) mass is 333 g/mol. The zero-order valence-electron chi connectivity index (χ0n) is 11.8. The molecule has 7 nitrogen and oxygen atoms in total. The predicted molar refractivity (Wildman–Crippen MR) is 80.7 cm³/mol. The molecule has 1 saturated heterocycles. The van der Waals surface area contributed by atoms with E-state index in [1.54, 1.807) is 10.3 Å². The summed E-state index contributed by atoms with van der Waals surface area (Å²) in [5.74, 6) is -0.0787. The van der Waals surface area contributed by atoms with Crippen molar-refractivity contribution in [2.45, 2.75) is 31.7 Å². The van der Waals surface area contributed by atoms with Gasteiger partial charge in [-0.25, -0.2) is 13.4 Å². The molecule has 9 heteroatoms. The van der Waals surface area contributed by atoms with Crippen molar-refractivity contribution in [3.8, 4) is 0 Å². The highest BCUT2D eigenvalue weighted by atomic mass is 32.2. The highest BCUT2D eigenvalue weighted by Crippen LogP contribution is 2.20. The van der Waals surface area contributed by atoms with Crippen molar-refractivity contribution in [2.24, 2.45) is 0 Å². The highest BCUT2D eigenvalue weighted by Gasteiger charge is 2.26. The number of nitrogens with zero attached hydrogens (tertiary/aromatic N) is 2. The Bertz CT molecular complexity index is 599. The van der Waals surface area contributed by atoms with Gasteiger partial charge in [-0.1, -0.05) is 0 Å². The van der Waals surface area contributed by atoms with E-state index in [1.165, 1.54) is 0 Å². The Balaban J connectivity index is 1.99. The van der Waals surface area contributed by atoms with Crippen molar-refractivity contribution in [3.05, 3.63) is 11.1 Å². The van der Waals surface area contributed by atoms with Crippen molar-refractivity contribution < 1.29 is 18.3 Å². The lowest BCUT2D eigenvalue weighted by Gasteiger charge is -2.34. The second-order valence-electron chi connectivity index (χ2n) is 5.11. The lowest BCUT2D eigenvalue weighted by molar-refractivity contribution is -0.135. The molecule has 1 aromatic rings. The number of piperidine rings is 1. The lowest BCUT2D eigenvalue weighted by atomic mass is 10.0. The quantitative estimate of drug-likeness (QED) is 0.814. The van der Waals surface area contributed by atoms with Crippen LogP contribution in [0.4, 0.5) is 5.13 Å². The van der Waals surface area contributed by atoms with E-state index in [4.69, 9.17) is 0 Å².